The van der Waals surface area contributed by atoms with Crippen LogP contribution in [0.15, 0.2) is 34.1 Å². The molecule has 1 aromatic carbocycles. The number of methoxy groups -OCH3 is 3. The number of ether oxygens (including phenoxy) is 3. The molecule has 3 aromatic rings. The number of rotatable bonds is 8. The minimum absolute atomic E-state index is 0.120. The van der Waals surface area contributed by atoms with E-state index in [1.807, 2.05) is 36.6 Å². The Morgan fingerprint density at radius 3 is 2.43 bits per heavy atom. The molecule has 0 aliphatic heterocycles. The maximum Gasteiger partial charge on any atom is 0.226 e. The van der Waals surface area contributed by atoms with E-state index in [4.69, 9.17) is 18.6 Å². The standard InChI is InChI=1S/C20H22N2O5S/c1-12-5-7-15(27-12)14-11-28-20(21-14)22-18(23)8-6-13-9-16(24-2)19(26-4)17(10-13)25-3/h5,7,9-11H,6,8H2,1-4H3,(H,21,22,23). The fraction of sp³-hybridized carbons (Fsp3) is 0.300. The van der Waals surface area contributed by atoms with Crippen molar-refractivity contribution in [1.82, 2.24) is 4.98 Å². The van der Waals surface area contributed by atoms with Crippen LogP contribution in [0.25, 0.3) is 11.5 Å². The second-order valence-corrected chi connectivity index (χ2v) is 6.89. The third-order valence-corrected chi connectivity index (χ3v) is 4.87. The fourth-order valence-electron chi connectivity index (χ4n) is 2.74. The van der Waals surface area contributed by atoms with Crippen molar-refractivity contribution in [3.8, 4) is 28.7 Å². The van der Waals surface area contributed by atoms with E-state index in [-0.39, 0.29) is 5.91 Å². The van der Waals surface area contributed by atoms with Gasteiger partial charge in [0, 0.05) is 11.8 Å². The largest absolute Gasteiger partial charge is 0.493 e. The van der Waals surface area contributed by atoms with Gasteiger partial charge in [-0.1, -0.05) is 0 Å². The summed E-state index contributed by atoms with van der Waals surface area (Å²) in [4.78, 5) is 16.7. The molecule has 2 heterocycles. The summed E-state index contributed by atoms with van der Waals surface area (Å²) in [5, 5.41) is 5.22. The molecule has 0 aliphatic carbocycles. The van der Waals surface area contributed by atoms with E-state index in [0.29, 0.717) is 46.7 Å². The smallest absolute Gasteiger partial charge is 0.226 e. The van der Waals surface area contributed by atoms with Gasteiger partial charge < -0.3 is 23.9 Å². The Morgan fingerprint density at radius 2 is 1.86 bits per heavy atom. The van der Waals surface area contributed by atoms with Crippen LogP contribution < -0.4 is 19.5 Å². The molecule has 0 aliphatic rings. The van der Waals surface area contributed by atoms with E-state index in [1.54, 1.807) is 21.3 Å². The minimum atomic E-state index is -0.120. The lowest BCUT2D eigenvalue weighted by Gasteiger charge is -2.14. The molecule has 0 spiro atoms. The maximum absolute atomic E-state index is 12.3. The number of aryl methyl sites for hydroxylation is 2. The second-order valence-electron chi connectivity index (χ2n) is 6.03. The molecule has 0 atom stereocenters. The maximum atomic E-state index is 12.3. The summed E-state index contributed by atoms with van der Waals surface area (Å²) < 4.78 is 21.6. The molecule has 0 saturated heterocycles. The van der Waals surface area contributed by atoms with Gasteiger partial charge in [-0.15, -0.1) is 11.3 Å². The molecule has 2 aromatic heterocycles. The van der Waals surface area contributed by atoms with Gasteiger partial charge in [-0.3, -0.25) is 4.79 Å². The molecule has 148 valence electrons. The third-order valence-electron chi connectivity index (χ3n) is 4.11. The first kappa shape index (κ1) is 19.8. The first-order valence-corrected chi connectivity index (χ1v) is 9.53. The molecule has 0 radical (unpaired) electrons. The number of furan rings is 1. The van der Waals surface area contributed by atoms with Crippen molar-refractivity contribution < 1.29 is 23.4 Å². The summed E-state index contributed by atoms with van der Waals surface area (Å²) in [6, 6.07) is 7.43. The van der Waals surface area contributed by atoms with Gasteiger partial charge in [-0.05, 0) is 43.2 Å². The first-order valence-electron chi connectivity index (χ1n) is 8.65. The van der Waals surface area contributed by atoms with Gasteiger partial charge in [0.15, 0.2) is 22.4 Å². The zero-order valence-corrected chi connectivity index (χ0v) is 17.0. The number of nitrogens with one attached hydrogen (secondary N) is 1. The molecule has 0 unspecified atom stereocenters. The highest BCUT2D eigenvalue weighted by atomic mass is 32.1. The van der Waals surface area contributed by atoms with E-state index < -0.39 is 0 Å². The van der Waals surface area contributed by atoms with Crippen molar-refractivity contribution in [2.24, 2.45) is 0 Å². The van der Waals surface area contributed by atoms with Crippen molar-refractivity contribution in [2.45, 2.75) is 19.8 Å². The number of hydrogen-bond donors (Lipinski definition) is 1. The Labute approximate surface area is 167 Å². The topological polar surface area (TPSA) is 82.8 Å². The summed E-state index contributed by atoms with van der Waals surface area (Å²) in [5.41, 5.74) is 1.62. The van der Waals surface area contributed by atoms with Gasteiger partial charge >= 0.3 is 0 Å². The molecule has 0 bridgehead atoms. The quantitative estimate of drug-likeness (QED) is 0.605. The van der Waals surface area contributed by atoms with E-state index >= 15 is 0 Å². The predicted molar refractivity (Wildman–Crippen MR) is 108 cm³/mol. The SMILES string of the molecule is COc1cc(CCC(=O)Nc2nc(-c3ccc(C)o3)cs2)cc(OC)c1OC. The molecule has 1 N–H and O–H groups in total. The summed E-state index contributed by atoms with van der Waals surface area (Å²) in [7, 11) is 4.68. The number of nitrogens with zero attached hydrogens (tertiary/aromatic N) is 1. The highest BCUT2D eigenvalue weighted by Gasteiger charge is 2.15. The number of carbonyl (C=O) groups is 1. The Hall–Kier alpha value is -3.00. The number of anilines is 1. The molecule has 8 heteroatoms. The lowest BCUT2D eigenvalue weighted by molar-refractivity contribution is -0.116. The molecule has 0 saturated carbocycles. The Balaban J connectivity index is 1.62. The number of thiazole rings is 1. The highest BCUT2D eigenvalue weighted by Crippen LogP contribution is 2.38. The van der Waals surface area contributed by atoms with Crippen LogP contribution >= 0.6 is 11.3 Å². The number of carbonyl (C=O) groups excluding carboxylic acids is 1. The lowest BCUT2D eigenvalue weighted by Crippen LogP contribution is -2.12. The van der Waals surface area contributed by atoms with Crippen LogP contribution in [0.3, 0.4) is 0 Å². The van der Waals surface area contributed by atoms with Crippen LogP contribution in [0.5, 0.6) is 17.2 Å². The van der Waals surface area contributed by atoms with Crippen molar-refractivity contribution in [3.05, 3.63) is 41.0 Å². The molecular weight excluding hydrogens is 380 g/mol. The zero-order chi connectivity index (χ0) is 20.1. The third kappa shape index (κ3) is 4.45. The van der Waals surface area contributed by atoms with Gasteiger partial charge in [0.05, 0.1) is 21.3 Å². The minimum Gasteiger partial charge on any atom is -0.493 e. The predicted octanol–water partition coefficient (Wildman–Crippen LogP) is 4.31. The average molecular weight is 402 g/mol. The van der Waals surface area contributed by atoms with Gasteiger partial charge in [0.1, 0.15) is 11.5 Å². The molecule has 3 rings (SSSR count). The second kappa shape index (κ2) is 8.79. The van der Waals surface area contributed by atoms with Gasteiger partial charge in [0.2, 0.25) is 11.7 Å². The highest BCUT2D eigenvalue weighted by molar-refractivity contribution is 7.14. The summed E-state index contributed by atoms with van der Waals surface area (Å²) >= 11 is 1.36. The Morgan fingerprint density at radius 1 is 1.14 bits per heavy atom. The number of hydrogen-bond acceptors (Lipinski definition) is 7. The van der Waals surface area contributed by atoms with Crippen molar-refractivity contribution >= 4 is 22.4 Å². The average Bonchev–Trinajstić information content (AvgIpc) is 3.34. The van der Waals surface area contributed by atoms with Crippen LogP contribution in [0.1, 0.15) is 17.7 Å². The summed E-state index contributed by atoms with van der Waals surface area (Å²) in [6.45, 7) is 1.88. The van der Waals surface area contributed by atoms with Gasteiger partial charge in [-0.2, -0.15) is 0 Å². The molecule has 0 fully saturated rings. The van der Waals surface area contributed by atoms with Crippen LogP contribution in [-0.4, -0.2) is 32.2 Å². The van der Waals surface area contributed by atoms with Crippen LogP contribution in [0, 0.1) is 6.92 Å². The first-order chi connectivity index (χ1) is 13.5. The van der Waals surface area contributed by atoms with Crippen molar-refractivity contribution in [3.63, 3.8) is 0 Å². The van der Waals surface area contributed by atoms with Gasteiger partial charge in [-0.25, -0.2) is 4.98 Å². The van der Waals surface area contributed by atoms with Crippen LogP contribution in [0.2, 0.25) is 0 Å². The van der Waals surface area contributed by atoms with Crippen molar-refractivity contribution in [2.75, 3.05) is 26.6 Å². The summed E-state index contributed by atoms with van der Waals surface area (Å²) in [5.74, 6) is 3.05. The zero-order valence-electron chi connectivity index (χ0n) is 16.2. The lowest BCUT2D eigenvalue weighted by atomic mass is 10.1. The fourth-order valence-corrected chi connectivity index (χ4v) is 3.45. The van der Waals surface area contributed by atoms with Crippen LogP contribution in [0.4, 0.5) is 5.13 Å². The van der Waals surface area contributed by atoms with Crippen LogP contribution in [-0.2, 0) is 11.2 Å². The number of amides is 1. The number of benzene rings is 1. The number of aromatic nitrogens is 1. The molecule has 1 amide bonds. The van der Waals surface area contributed by atoms with E-state index in [0.717, 1.165) is 11.3 Å². The Bertz CT molecular complexity index is 938. The molecule has 7 nitrogen and oxygen atoms in total. The van der Waals surface area contributed by atoms with E-state index in [9.17, 15) is 4.79 Å². The van der Waals surface area contributed by atoms with E-state index in [1.165, 1.54) is 11.3 Å². The molecule has 28 heavy (non-hydrogen) atoms. The van der Waals surface area contributed by atoms with E-state index in [2.05, 4.69) is 10.3 Å². The Kier molecular flexibility index (Phi) is 6.20. The normalized spacial score (nSPS) is 10.6. The van der Waals surface area contributed by atoms with Crippen molar-refractivity contribution in [1.29, 1.82) is 0 Å². The molecular formula is C20H22N2O5S. The van der Waals surface area contributed by atoms with Gasteiger partial charge in [0.25, 0.3) is 0 Å². The monoisotopic (exact) mass is 402 g/mol. The summed E-state index contributed by atoms with van der Waals surface area (Å²) in [6.07, 6.45) is 0.825.